The minimum absolute atomic E-state index is 0.788. The van der Waals surface area contributed by atoms with Gasteiger partial charge in [-0.15, -0.1) is 0 Å². The van der Waals surface area contributed by atoms with E-state index < -0.39 is 0 Å². The number of furan rings is 2. The number of hydrogen-bond acceptors (Lipinski definition) is 4. The van der Waals surface area contributed by atoms with E-state index in [1.165, 1.54) is 5.56 Å². The fourth-order valence-corrected chi connectivity index (χ4v) is 9.18. The Hall–Kier alpha value is -8.34. The van der Waals surface area contributed by atoms with E-state index in [-0.39, 0.29) is 0 Å². The molecule has 12 aromatic rings. The van der Waals surface area contributed by atoms with Crippen molar-refractivity contribution in [2.24, 2.45) is 0 Å². The molecule has 4 heteroatoms. The van der Waals surface area contributed by atoms with E-state index in [4.69, 9.17) is 8.83 Å². The molecule has 0 saturated heterocycles. The van der Waals surface area contributed by atoms with E-state index in [9.17, 15) is 0 Å². The van der Waals surface area contributed by atoms with Gasteiger partial charge in [-0.1, -0.05) is 158 Å². The Bertz CT molecular complexity index is 3570. The maximum atomic E-state index is 7.05. The van der Waals surface area contributed by atoms with Gasteiger partial charge in [0.15, 0.2) is 0 Å². The summed E-state index contributed by atoms with van der Waals surface area (Å²) >= 11 is 0. The summed E-state index contributed by atoms with van der Waals surface area (Å²) in [7, 11) is 0. The lowest BCUT2D eigenvalue weighted by atomic mass is 9.99. The number of anilines is 6. The van der Waals surface area contributed by atoms with E-state index in [0.717, 1.165) is 105 Å². The molecule has 0 amide bonds. The third-order valence-corrected chi connectivity index (χ3v) is 12.0. The van der Waals surface area contributed by atoms with Crippen LogP contribution in [0.2, 0.25) is 0 Å². The number of nitrogens with zero attached hydrogens (tertiary/aromatic N) is 2. The molecule has 4 nitrogen and oxygen atoms in total. The monoisotopic (exact) mass is 794 g/mol. The van der Waals surface area contributed by atoms with Crippen LogP contribution in [-0.4, -0.2) is 0 Å². The molecule has 2 heterocycles. The molecule has 0 aliphatic rings. The highest BCUT2D eigenvalue weighted by molar-refractivity contribution is 6.19. The van der Waals surface area contributed by atoms with Crippen LogP contribution in [-0.2, 0) is 0 Å². The molecular weight excluding hydrogens is 757 g/mol. The van der Waals surface area contributed by atoms with Crippen LogP contribution in [0.15, 0.2) is 239 Å². The quantitative estimate of drug-likeness (QED) is 0.153. The van der Waals surface area contributed by atoms with Crippen LogP contribution in [0.25, 0.3) is 76.9 Å². The zero-order chi connectivity index (χ0) is 41.0. The average molecular weight is 795 g/mol. The van der Waals surface area contributed by atoms with Crippen molar-refractivity contribution in [2.45, 2.75) is 0 Å². The topological polar surface area (TPSA) is 32.8 Å². The highest BCUT2D eigenvalue weighted by Gasteiger charge is 2.27. The van der Waals surface area contributed by atoms with Gasteiger partial charge in [-0.2, -0.15) is 0 Å². The Kier molecular flexibility index (Phi) is 8.46. The second kappa shape index (κ2) is 14.7. The molecule has 0 bridgehead atoms. The summed E-state index contributed by atoms with van der Waals surface area (Å²) in [5, 5.41) is 6.49. The predicted molar refractivity (Wildman–Crippen MR) is 259 cm³/mol. The second-order valence-electron chi connectivity index (χ2n) is 15.7. The van der Waals surface area contributed by atoms with Crippen LogP contribution in [0.3, 0.4) is 0 Å². The molecule has 0 aliphatic heterocycles. The number of para-hydroxylation sites is 3. The lowest BCUT2D eigenvalue weighted by molar-refractivity contribution is 0.669. The predicted octanol–water partition coefficient (Wildman–Crippen LogP) is 16.9. The maximum absolute atomic E-state index is 7.05. The molecule has 0 N–H and O–H groups in total. The van der Waals surface area contributed by atoms with Gasteiger partial charge in [0.2, 0.25) is 0 Å². The van der Waals surface area contributed by atoms with Crippen molar-refractivity contribution >= 4 is 88.8 Å². The van der Waals surface area contributed by atoms with Crippen molar-refractivity contribution in [3.63, 3.8) is 0 Å². The summed E-state index contributed by atoms with van der Waals surface area (Å²) in [5.74, 6) is 0. The summed E-state index contributed by atoms with van der Waals surface area (Å²) in [6.07, 6.45) is 0. The molecule has 0 aliphatic carbocycles. The molecule has 0 fully saturated rings. The SMILES string of the molecule is c1ccc(-c2ccc(N(c3cc(N(c4ccccc4)c4ccccc4-c4ccccc4)c4c(c3)oc3cc5ccccc5cc34)c3cccc4oc5ccccc5c34)cc2)cc1. The van der Waals surface area contributed by atoms with Gasteiger partial charge in [-0.05, 0) is 94.2 Å². The maximum Gasteiger partial charge on any atom is 0.139 e. The zero-order valence-corrected chi connectivity index (χ0v) is 33.7. The first kappa shape index (κ1) is 35.6. The summed E-state index contributed by atoms with van der Waals surface area (Å²) in [6.45, 7) is 0. The van der Waals surface area contributed by atoms with Gasteiger partial charge in [0, 0.05) is 33.8 Å². The van der Waals surface area contributed by atoms with Crippen LogP contribution in [0.5, 0.6) is 0 Å². The van der Waals surface area contributed by atoms with Crippen molar-refractivity contribution in [2.75, 3.05) is 9.80 Å². The highest BCUT2D eigenvalue weighted by Crippen LogP contribution is 2.51. The fourth-order valence-electron chi connectivity index (χ4n) is 9.18. The van der Waals surface area contributed by atoms with Crippen molar-refractivity contribution in [3.8, 4) is 22.3 Å². The summed E-state index contributed by atoms with van der Waals surface area (Å²) < 4.78 is 13.6. The van der Waals surface area contributed by atoms with E-state index >= 15 is 0 Å². The lowest BCUT2D eigenvalue weighted by Crippen LogP contribution is -2.14. The average Bonchev–Trinajstić information content (AvgIpc) is 3.90. The molecule has 292 valence electrons. The minimum Gasteiger partial charge on any atom is -0.456 e. The van der Waals surface area contributed by atoms with Crippen LogP contribution in [0, 0.1) is 0 Å². The lowest BCUT2D eigenvalue weighted by Gasteiger charge is -2.31. The molecular formula is C58H38N2O2. The van der Waals surface area contributed by atoms with Gasteiger partial charge in [0.1, 0.15) is 22.3 Å². The molecule has 12 rings (SSSR count). The van der Waals surface area contributed by atoms with E-state index in [0.29, 0.717) is 0 Å². The Morgan fingerprint density at radius 2 is 0.839 bits per heavy atom. The summed E-state index contributed by atoms with van der Waals surface area (Å²) in [4.78, 5) is 4.76. The third-order valence-electron chi connectivity index (χ3n) is 12.0. The summed E-state index contributed by atoms with van der Waals surface area (Å²) in [6, 6.07) is 81.6. The molecule has 0 saturated carbocycles. The molecule has 0 spiro atoms. The van der Waals surface area contributed by atoms with Gasteiger partial charge < -0.3 is 18.6 Å². The van der Waals surface area contributed by atoms with Gasteiger partial charge >= 0.3 is 0 Å². The molecule has 0 radical (unpaired) electrons. The van der Waals surface area contributed by atoms with Crippen LogP contribution in [0.4, 0.5) is 34.1 Å². The molecule has 62 heavy (non-hydrogen) atoms. The summed E-state index contributed by atoms with van der Waals surface area (Å²) in [5.41, 5.74) is 13.9. The first-order valence-corrected chi connectivity index (χ1v) is 21.0. The zero-order valence-electron chi connectivity index (χ0n) is 33.7. The Balaban J connectivity index is 1.19. The molecule has 10 aromatic carbocycles. The minimum atomic E-state index is 0.788. The van der Waals surface area contributed by atoms with Crippen LogP contribution in [0.1, 0.15) is 0 Å². The van der Waals surface area contributed by atoms with E-state index in [1.807, 2.05) is 12.1 Å². The van der Waals surface area contributed by atoms with Crippen molar-refractivity contribution in [1.82, 2.24) is 0 Å². The largest absolute Gasteiger partial charge is 0.456 e. The normalized spacial score (nSPS) is 11.5. The first-order chi connectivity index (χ1) is 30.7. The van der Waals surface area contributed by atoms with Gasteiger partial charge in [-0.3, -0.25) is 0 Å². The van der Waals surface area contributed by atoms with Crippen molar-refractivity contribution in [3.05, 3.63) is 231 Å². The highest BCUT2D eigenvalue weighted by atomic mass is 16.3. The Morgan fingerprint density at radius 3 is 1.63 bits per heavy atom. The Morgan fingerprint density at radius 1 is 0.274 bits per heavy atom. The third kappa shape index (κ3) is 6.00. The van der Waals surface area contributed by atoms with Gasteiger partial charge in [-0.25, -0.2) is 0 Å². The second-order valence-corrected chi connectivity index (χ2v) is 15.7. The van der Waals surface area contributed by atoms with Crippen LogP contribution >= 0.6 is 0 Å². The van der Waals surface area contributed by atoms with E-state index in [1.54, 1.807) is 0 Å². The smallest absolute Gasteiger partial charge is 0.139 e. The first-order valence-electron chi connectivity index (χ1n) is 21.0. The number of fused-ring (bicyclic) bond motifs is 7. The van der Waals surface area contributed by atoms with Crippen LogP contribution < -0.4 is 9.80 Å². The van der Waals surface area contributed by atoms with Crippen molar-refractivity contribution < 1.29 is 8.83 Å². The number of hydrogen-bond donors (Lipinski definition) is 0. The van der Waals surface area contributed by atoms with Gasteiger partial charge in [0.25, 0.3) is 0 Å². The number of rotatable bonds is 8. The Labute approximate surface area is 358 Å². The number of benzene rings is 10. The molecule has 0 atom stereocenters. The fraction of sp³-hybridized carbons (Fsp3) is 0. The molecule has 2 aromatic heterocycles. The van der Waals surface area contributed by atoms with Crippen molar-refractivity contribution in [1.29, 1.82) is 0 Å². The van der Waals surface area contributed by atoms with E-state index in [2.05, 4.69) is 228 Å². The molecule has 0 unspecified atom stereocenters. The standard InChI is InChI=1S/C58H38N2O2/c1-4-17-39(18-5-1)40-31-33-45(34-32-40)59(51-28-16-30-54-57(51)48-26-13-15-29-53(48)61-54)46-37-52(58-49-35-42-21-10-11-22-43(42)36-55(49)62-56(58)38-46)60(44-23-8-3-9-24-44)50-27-14-12-25-47(50)41-19-6-2-7-20-41/h1-38H. The van der Waals surface area contributed by atoms with Gasteiger partial charge in [0.05, 0.1) is 33.5 Å².